The highest BCUT2D eigenvalue weighted by Gasteiger charge is 2.35. The Kier molecular flexibility index (Phi) is 7.27. The second-order valence-corrected chi connectivity index (χ2v) is 9.03. The van der Waals surface area contributed by atoms with Gasteiger partial charge >= 0.3 is 6.03 Å². The Hall–Kier alpha value is -3.66. The molecule has 9 nitrogen and oxygen atoms in total. The van der Waals surface area contributed by atoms with Crippen LogP contribution in [0.25, 0.3) is 10.6 Å². The van der Waals surface area contributed by atoms with E-state index in [2.05, 4.69) is 20.8 Å². The molecule has 0 saturated carbocycles. The van der Waals surface area contributed by atoms with Crippen molar-refractivity contribution in [1.82, 2.24) is 15.1 Å². The minimum Gasteiger partial charge on any atom is -0.492 e. The van der Waals surface area contributed by atoms with Gasteiger partial charge < -0.3 is 19.9 Å². The summed E-state index contributed by atoms with van der Waals surface area (Å²) >= 11 is 1.30. The first-order valence-electron chi connectivity index (χ1n) is 11.2. The van der Waals surface area contributed by atoms with Gasteiger partial charge in [0.2, 0.25) is 11.0 Å². The molecule has 1 unspecified atom stereocenters. The summed E-state index contributed by atoms with van der Waals surface area (Å²) in [5.41, 5.74) is 2.60. The van der Waals surface area contributed by atoms with Gasteiger partial charge in [0.1, 0.15) is 16.8 Å². The van der Waals surface area contributed by atoms with Crippen LogP contribution >= 0.6 is 11.3 Å². The van der Waals surface area contributed by atoms with Gasteiger partial charge in [-0.05, 0) is 56.2 Å². The van der Waals surface area contributed by atoms with E-state index < -0.39 is 6.04 Å². The zero-order chi connectivity index (χ0) is 24.1. The molecule has 34 heavy (non-hydrogen) atoms. The van der Waals surface area contributed by atoms with E-state index in [0.29, 0.717) is 41.1 Å². The Labute approximate surface area is 202 Å². The van der Waals surface area contributed by atoms with Gasteiger partial charge in [-0.2, -0.15) is 0 Å². The molecule has 0 bridgehead atoms. The lowest BCUT2D eigenvalue weighted by molar-refractivity contribution is -0.119. The molecule has 1 saturated heterocycles. The van der Waals surface area contributed by atoms with Gasteiger partial charge in [-0.3, -0.25) is 10.1 Å². The smallest absolute Gasteiger partial charge is 0.322 e. The second kappa shape index (κ2) is 10.5. The van der Waals surface area contributed by atoms with E-state index in [4.69, 9.17) is 4.74 Å². The van der Waals surface area contributed by atoms with E-state index >= 15 is 0 Å². The summed E-state index contributed by atoms with van der Waals surface area (Å²) in [6, 6.07) is 14.3. The summed E-state index contributed by atoms with van der Waals surface area (Å²) < 4.78 is 5.58. The van der Waals surface area contributed by atoms with Crippen molar-refractivity contribution < 1.29 is 14.3 Å². The van der Waals surface area contributed by atoms with E-state index in [0.717, 1.165) is 17.7 Å². The molecular formula is C24H28N6O3S. The number of ether oxygens (including phenoxy) is 1. The van der Waals surface area contributed by atoms with Gasteiger partial charge in [0.25, 0.3) is 0 Å². The van der Waals surface area contributed by atoms with Crippen molar-refractivity contribution >= 4 is 39.8 Å². The van der Waals surface area contributed by atoms with E-state index in [9.17, 15) is 9.59 Å². The molecule has 1 aliphatic heterocycles. The van der Waals surface area contributed by atoms with Gasteiger partial charge in [-0.1, -0.05) is 23.5 Å². The zero-order valence-corrected chi connectivity index (χ0v) is 20.3. The lowest BCUT2D eigenvalue weighted by Crippen LogP contribution is -2.45. The van der Waals surface area contributed by atoms with Crippen molar-refractivity contribution in [3.8, 4) is 16.3 Å². The Morgan fingerprint density at radius 3 is 2.62 bits per heavy atom. The van der Waals surface area contributed by atoms with E-state index in [1.165, 1.54) is 11.3 Å². The summed E-state index contributed by atoms with van der Waals surface area (Å²) in [6.07, 6.45) is 1.34. The van der Waals surface area contributed by atoms with Gasteiger partial charge in [0.05, 0.1) is 12.3 Å². The lowest BCUT2D eigenvalue weighted by Gasteiger charge is -2.24. The molecule has 2 aromatic carbocycles. The van der Waals surface area contributed by atoms with E-state index in [1.54, 1.807) is 17.0 Å². The minimum absolute atomic E-state index is 0.267. The number of para-hydroxylation sites is 2. The Morgan fingerprint density at radius 2 is 1.88 bits per heavy atom. The van der Waals surface area contributed by atoms with Crippen LogP contribution in [0.1, 0.15) is 19.8 Å². The maximum absolute atomic E-state index is 13.0. The Morgan fingerprint density at radius 1 is 1.12 bits per heavy atom. The molecule has 0 aliphatic carbocycles. The summed E-state index contributed by atoms with van der Waals surface area (Å²) in [4.78, 5) is 29.5. The SMILES string of the molecule is CCOc1ccccc1NC(=O)N1CCCC1C(=O)Nc1nnc(-c2ccc(N(C)C)cc2)s1. The number of nitrogens with one attached hydrogen (secondary N) is 2. The summed E-state index contributed by atoms with van der Waals surface area (Å²) in [5, 5.41) is 15.2. The van der Waals surface area contributed by atoms with Gasteiger partial charge in [0.15, 0.2) is 0 Å². The standard InChI is InChI=1S/C24H28N6O3S/c1-4-33-20-10-6-5-8-18(20)25-24(32)30-15-7-9-19(30)21(31)26-23-28-27-22(34-23)16-11-13-17(14-12-16)29(2)3/h5-6,8,10-14,19H,4,7,9,15H2,1-3H3,(H,25,32)(H,26,28,31). The van der Waals surface area contributed by atoms with Crippen molar-refractivity contribution in [3.63, 3.8) is 0 Å². The van der Waals surface area contributed by atoms with Crippen molar-refractivity contribution in [2.45, 2.75) is 25.8 Å². The fourth-order valence-electron chi connectivity index (χ4n) is 3.80. The molecule has 1 fully saturated rings. The first-order valence-corrected chi connectivity index (χ1v) is 12.0. The van der Waals surface area contributed by atoms with Crippen molar-refractivity contribution in [3.05, 3.63) is 48.5 Å². The molecular weight excluding hydrogens is 452 g/mol. The number of hydrogen-bond acceptors (Lipinski definition) is 7. The van der Waals surface area contributed by atoms with Crippen LogP contribution in [-0.4, -0.2) is 60.3 Å². The topological polar surface area (TPSA) is 99.7 Å². The molecule has 0 spiro atoms. The second-order valence-electron chi connectivity index (χ2n) is 8.05. The van der Waals surface area contributed by atoms with Crippen LogP contribution in [0.15, 0.2) is 48.5 Å². The number of rotatable bonds is 7. The third-order valence-electron chi connectivity index (χ3n) is 5.53. The molecule has 3 amide bonds. The third kappa shape index (κ3) is 5.28. The number of amides is 3. The first kappa shape index (κ1) is 23.5. The van der Waals surface area contributed by atoms with Gasteiger partial charge in [-0.15, -0.1) is 10.2 Å². The minimum atomic E-state index is -0.578. The average Bonchev–Trinajstić information content (AvgIpc) is 3.51. The van der Waals surface area contributed by atoms with Gasteiger partial charge in [0, 0.05) is 31.9 Å². The molecule has 1 aliphatic rings. The van der Waals surface area contributed by atoms with Crippen LogP contribution in [0.3, 0.4) is 0 Å². The number of likely N-dealkylation sites (tertiary alicyclic amines) is 1. The fraction of sp³-hybridized carbons (Fsp3) is 0.333. The van der Waals surface area contributed by atoms with Crippen LogP contribution < -0.4 is 20.3 Å². The fourth-order valence-corrected chi connectivity index (χ4v) is 4.55. The molecule has 1 aromatic heterocycles. The predicted octanol–water partition coefficient (Wildman–Crippen LogP) is 4.30. The van der Waals surface area contributed by atoms with Crippen molar-refractivity contribution in [2.24, 2.45) is 0 Å². The number of aromatic nitrogens is 2. The maximum Gasteiger partial charge on any atom is 0.322 e. The number of anilines is 3. The number of carbonyl (C=O) groups is 2. The molecule has 0 radical (unpaired) electrons. The van der Waals surface area contributed by atoms with Gasteiger partial charge in [-0.25, -0.2) is 4.79 Å². The maximum atomic E-state index is 13.0. The number of hydrogen-bond donors (Lipinski definition) is 2. The lowest BCUT2D eigenvalue weighted by atomic mass is 10.2. The van der Waals surface area contributed by atoms with E-state index in [-0.39, 0.29) is 11.9 Å². The number of nitrogens with zero attached hydrogens (tertiary/aromatic N) is 4. The molecule has 1 atom stereocenters. The monoisotopic (exact) mass is 480 g/mol. The Balaban J connectivity index is 1.40. The molecule has 10 heteroatoms. The summed E-state index contributed by atoms with van der Waals surface area (Å²) in [7, 11) is 3.97. The summed E-state index contributed by atoms with van der Waals surface area (Å²) in [6.45, 7) is 2.88. The van der Waals surface area contributed by atoms with Crippen LogP contribution in [0.4, 0.5) is 21.3 Å². The molecule has 2 N–H and O–H groups in total. The quantitative estimate of drug-likeness (QED) is 0.523. The highest BCUT2D eigenvalue weighted by Crippen LogP contribution is 2.29. The Bertz CT molecular complexity index is 1150. The largest absolute Gasteiger partial charge is 0.492 e. The number of carbonyl (C=O) groups excluding carboxylic acids is 2. The molecule has 3 aromatic rings. The van der Waals surface area contributed by atoms with Crippen molar-refractivity contribution in [1.29, 1.82) is 0 Å². The molecule has 2 heterocycles. The van der Waals surface area contributed by atoms with Crippen LogP contribution in [0, 0.1) is 0 Å². The van der Waals surface area contributed by atoms with E-state index in [1.807, 2.05) is 62.3 Å². The average molecular weight is 481 g/mol. The van der Waals surface area contributed by atoms with Crippen LogP contribution in [0.5, 0.6) is 5.75 Å². The van der Waals surface area contributed by atoms with Crippen molar-refractivity contribution in [2.75, 3.05) is 42.8 Å². The van der Waals surface area contributed by atoms with Crippen LogP contribution in [-0.2, 0) is 4.79 Å². The molecule has 178 valence electrons. The highest BCUT2D eigenvalue weighted by molar-refractivity contribution is 7.18. The highest BCUT2D eigenvalue weighted by atomic mass is 32.1. The number of benzene rings is 2. The zero-order valence-electron chi connectivity index (χ0n) is 19.4. The first-order chi connectivity index (χ1) is 16.5. The summed E-state index contributed by atoms with van der Waals surface area (Å²) in [5.74, 6) is 0.329. The van der Waals surface area contributed by atoms with Crippen LogP contribution in [0.2, 0.25) is 0 Å². The normalized spacial score (nSPS) is 15.1. The number of urea groups is 1. The molecule has 4 rings (SSSR count). The predicted molar refractivity (Wildman–Crippen MR) is 135 cm³/mol. The third-order valence-corrected chi connectivity index (χ3v) is 6.42.